The van der Waals surface area contributed by atoms with E-state index in [0.717, 1.165) is 12.1 Å². The van der Waals surface area contributed by atoms with Gasteiger partial charge in [0.05, 0.1) is 63.4 Å². The van der Waals surface area contributed by atoms with Gasteiger partial charge in [0.25, 0.3) is 0 Å². The fourth-order valence-electron chi connectivity index (χ4n) is 8.91. The number of nitrogens with zero attached hydrogens (tertiary/aromatic N) is 8. The van der Waals surface area contributed by atoms with Gasteiger partial charge in [0.1, 0.15) is 41.5 Å². The summed E-state index contributed by atoms with van der Waals surface area (Å²) < 4.78 is 209. The Balaban J connectivity index is 1.73. The Kier molecular flexibility index (Phi) is 12.0. The molecule has 0 radical (unpaired) electrons. The molecule has 0 N–H and O–H groups in total. The number of halogens is 14. The zero-order chi connectivity index (χ0) is 51.6. The molecule has 5 aromatic rings. The maximum Gasteiger partial charge on any atom is 0.416 e. The summed E-state index contributed by atoms with van der Waals surface area (Å²) in [7, 11) is 0. The van der Waals surface area contributed by atoms with Crippen LogP contribution in [-0.2, 0) is 12.4 Å². The number of fused-ring (bicyclic) bond motifs is 2. The number of rotatable bonds is 6. The van der Waals surface area contributed by atoms with Gasteiger partial charge in [0, 0.05) is 34.1 Å². The minimum absolute atomic E-state index is 0.400. The van der Waals surface area contributed by atoms with E-state index in [1.165, 1.54) is 12.1 Å². The molecule has 5 aromatic carbocycles. The van der Waals surface area contributed by atoms with E-state index in [-0.39, 0.29) is 0 Å². The van der Waals surface area contributed by atoms with Crippen molar-refractivity contribution in [3.05, 3.63) is 173 Å². The third-order valence-electron chi connectivity index (χ3n) is 11.7. The van der Waals surface area contributed by atoms with Crippen molar-refractivity contribution < 1.29 is 61.5 Å². The zero-order valence-corrected chi connectivity index (χ0v) is 33.8. The molecule has 0 aliphatic heterocycles. The minimum Gasteiger partial charge on any atom is -0.203 e. The second kappa shape index (κ2) is 17.3. The monoisotopic (exact) mass is 966 g/mol. The lowest BCUT2D eigenvalue weighted by molar-refractivity contribution is -0.138. The van der Waals surface area contributed by atoms with Gasteiger partial charge >= 0.3 is 12.4 Å². The van der Waals surface area contributed by atoms with Crippen molar-refractivity contribution in [3.63, 3.8) is 0 Å². The van der Waals surface area contributed by atoms with E-state index in [2.05, 4.69) is 0 Å². The lowest BCUT2D eigenvalue weighted by Gasteiger charge is -2.28. The molecule has 2 aliphatic rings. The number of hydrogen-bond donors (Lipinski definition) is 0. The van der Waals surface area contributed by atoms with Gasteiger partial charge in [-0.2, -0.15) is 68.4 Å². The molecular weight excluding hydrogens is 955 g/mol. The van der Waals surface area contributed by atoms with Crippen LogP contribution in [0.25, 0.3) is 22.3 Å². The highest BCUT2D eigenvalue weighted by Gasteiger charge is 2.51. The molecule has 2 aliphatic carbocycles. The van der Waals surface area contributed by atoms with E-state index in [0.29, 0.717) is 48.5 Å². The molecule has 342 valence electrons. The molecule has 4 unspecified atom stereocenters. The van der Waals surface area contributed by atoms with Gasteiger partial charge in [0.2, 0.25) is 0 Å². The fourth-order valence-corrected chi connectivity index (χ4v) is 8.91. The lowest BCUT2D eigenvalue weighted by Crippen LogP contribution is -2.20. The Bertz CT molecular complexity index is 3330. The minimum atomic E-state index is -5.05. The van der Waals surface area contributed by atoms with Gasteiger partial charge in [-0.1, -0.05) is 24.3 Å². The summed E-state index contributed by atoms with van der Waals surface area (Å²) in [6.07, 6.45) is -10.1. The average Bonchev–Trinajstić information content (AvgIpc) is 3.85. The number of allylic oxidation sites excluding steroid dienone is 4. The van der Waals surface area contributed by atoms with E-state index >= 15 is 35.1 Å². The Morgan fingerprint density at radius 2 is 0.657 bits per heavy atom. The van der Waals surface area contributed by atoms with Crippen molar-refractivity contribution in [1.29, 1.82) is 42.1 Å². The van der Waals surface area contributed by atoms with Gasteiger partial charge < -0.3 is 0 Å². The maximum atomic E-state index is 16.1. The second-order valence-corrected chi connectivity index (χ2v) is 15.0. The Labute approximate surface area is 382 Å². The summed E-state index contributed by atoms with van der Waals surface area (Å²) in [6, 6.07) is 15.0. The average molecular weight is 967 g/mol. The number of benzene rings is 5. The normalized spacial score (nSPS) is 15.8. The quantitative estimate of drug-likeness (QED) is 0.119. The molecule has 0 saturated heterocycles. The SMILES string of the molecule is N#CC1=C(c2ccc(C(F)(F)F)cc2)C(C(C#N)c2c(F)c(F)c(C#N)c(F)c2F)c2c(C#N)c3c(c(C#N)c21)C(C#N)=C(c1ccc(C(F)(F)F)cc1)C3C(C#N)c1c(F)c(F)c(C#N)c(F)c1F. The predicted octanol–water partition coefficient (Wildman–Crippen LogP) is 12.0. The van der Waals surface area contributed by atoms with Gasteiger partial charge in [-0.3, -0.25) is 0 Å². The molecule has 4 atom stereocenters. The molecule has 70 heavy (non-hydrogen) atoms. The third kappa shape index (κ3) is 6.98. The van der Waals surface area contributed by atoms with Crippen LogP contribution in [-0.4, -0.2) is 0 Å². The molecule has 8 nitrogen and oxygen atoms in total. The van der Waals surface area contributed by atoms with E-state index in [9.17, 15) is 68.4 Å². The molecule has 0 spiro atoms. The number of hydrogen-bond acceptors (Lipinski definition) is 8. The largest absolute Gasteiger partial charge is 0.416 e. The number of nitriles is 8. The van der Waals surface area contributed by atoms with Crippen molar-refractivity contribution in [1.82, 2.24) is 0 Å². The van der Waals surface area contributed by atoms with Crippen molar-refractivity contribution in [3.8, 4) is 48.6 Å². The third-order valence-corrected chi connectivity index (χ3v) is 11.7. The van der Waals surface area contributed by atoms with Crippen LogP contribution < -0.4 is 0 Å². The van der Waals surface area contributed by atoms with Crippen LogP contribution in [0.1, 0.15) is 102 Å². The first-order valence-corrected chi connectivity index (χ1v) is 19.1. The summed E-state index contributed by atoms with van der Waals surface area (Å²) in [6.45, 7) is 0. The molecule has 0 saturated carbocycles. The van der Waals surface area contributed by atoms with Crippen molar-refractivity contribution >= 4 is 22.3 Å². The zero-order valence-electron chi connectivity index (χ0n) is 33.8. The molecule has 0 bridgehead atoms. The highest BCUT2D eigenvalue weighted by molar-refractivity contribution is 6.13. The fraction of sp³-hybridized carbons (Fsp3) is 0.125. The van der Waals surface area contributed by atoms with Crippen LogP contribution >= 0.6 is 0 Å². The molecular formula is C48H12F14N8. The highest BCUT2D eigenvalue weighted by atomic mass is 19.4. The summed E-state index contributed by atoms with van der Waals surface area (Å²) in [4.78, 5) is 0. The van der Waals surface area contributed by atoms with Gasteiger partial charge in [-0.25, -0.2) is 35.1 Å². The molecule has 0 fully saturated rings. The van der Waals surface area contributed by atoms with Crippen LogP contribution in [0.3, 0.4) is 0 Å². The van der Waals surface area contributed by atoms with Gasteiger partial charge in [0.15, 0.2) is 46.5 Å². The van der Waals surface area contributed by atoms with Crippen LogP contribution in [0, 0.1) is 137 Å². The van der Waals surface area contributed by atoms with Crippen LogP contribution in [0.4, 0.5) is 61.5 Å². The molecule has 22 heteroatoms. The van der Waals surface area contributed by atoms with Crippen LogP contribution in [0.5, 0.6) is 0 Å². The van der Waals surface area contributed by atoms with E-state index in [4.69, 9.17) is 0 Å². The second-order valence-electron chi connectivity index (χ2n) is 15.0. The summed E-state index contributed by atoms with van der Waals surface area (Å²) in [5.41, 5.74) is -20.6. The summed E-state index contributed by atoms with van der Waals surface area (Å²) in [5, 5.41) is 83.9. The smallest absolute Gasteiger partial charge is 0.203 e. The van der Waals surface area contributed by atoms with E-state index in [1.54, 1.807) is 24.3 Å². The number of alkyl halides is 6. The first-order chi connectivity index (χ1) is 33.1. The van der Waals surface area contributed by atoms with Crippen LogP contribution in [0.15, 0.2) is 48.5 Å². The first-order valence-electron chi connectivity index (χ1n) is 19.1. The van der Waals surface area contributed by atoms with Crippen LogP contribution in [0.2, 0.25) is 0 Å². The summed E-state index contributed by atoms with van der Waals surface area (Å²) in [5.74, 6) is -29.9. The molecule has 0 aromatic heterocycles. The van der Waals surface area contributed by atoms with Gasteiger partial charge in [-0.15, -0.1) is 0 Å². The molecule has 0 heterocycles. The van der Waals surface area contributed by atoms with E-state index < -0.39 is 183 Å². The Morgan fingerprint density at radius 1 is 0.371 bits per heavy atom. The summed E-state index contributed by atoms with van der Waals surface area (Å²) >= 11 is 0. The van der Waals surface area contributed by atoms with Crippen molar-refractivity contribution in [2.75, 3.05) is 0 Å². The van der Waals surface area contributed by atoms with Crippen molar-refractivity contribution in [2.24, 2.45) is 0 Å². The Morgan fingerprint density at radius 3 is 0.886 bits per heavy atom. The molecule has 0 amide bonds. The predicted molar refractivity (Wildman–Crippen MR) is 208 cm³/mol. The maximum absolute atomic E-state index is 16.1. The first kappa shape index (κ1) is 48.5. The van der Waals surface area contributed by atoms with Crippen molar-refractivity contribution in [2.45, 2.75) is 36.0 Å². The van der Waals surface area contributed by atoms with E-state index in [1.807, 2.05) is 0 Å². The lowest BCUT2D eigenvalue weighted by atomic mass is 9.71. The standard InChI is InChI=1S/C48H12F14N8/c49-39-27(15-69)40(50)44(54)37(43(39)53)25(13-67)33-29(17-1-5-19(6-2-17)47(57,58)59)21(9-63)31-23(11-65)32-22(10-64)30(18-3-7-20(8-4-18)48(60,61)62)34(36(32)24(12-66)35(31)33)26(14-68)38-45(55)41(51)28(16-70)42(52)46(38)56/h1-8,25-26,33-34H. The topological polar surface area (TPSA) is 190 Å². The molecule has 7 rings (SSSR count). The van der Waals surface area contributed by atoms with Gasteiger partial charge in [-0.05, 0) is 57.7 Å². The Hall–Kier alpha value is -9.48. The highest BCUT2D eigenvalue weighted by Crippen LogP contribution is 2.62.